The number of rotatable bonds is 5. The molecule has 3 aromatic carbocycles. The lowest BCUT2D eigenvalue weighted by Gasteiger charge is -2.32. The summed E-state index contributed by atoms with van der Waals surface area (Å²) in [5.41, 5.74) is 2.96. The molecular formula is C25H24O5. The van der Waals surface area contributed by atoms with Gasteiger partial charge in [-0.25, -0.2) is 0 Å². The van der Waals surface area contributed by atoms with Crippen molar-refractivity contribution in [1.29, 1.82) is 0 Å². The Kier molecular flexibility index (Phi) is 5.53. The summed E-state index contributed by atoms with van der Waals surface area (Å²) in [6.45, 7) is 0. The van der Waals surface area contributed by atoms with Crippen LogP contribution in [0.25, 0.3) is 6.08 Å². The first-order valence-electron chi connectivity index (χ1n) is 9.76. The molecule has 2 N–H and O–H groups in total. The standard InChI is InChI=1S/C25H24O5/c1-28-21-14-23(29-2)25-18(6-3-16-4-9-19(26)10-5-16)13-22(30-24(25)15-21)17-7-11-20(27)12-8-17/h3-12,14-15,18,22,26-27H,13H2,1-2H3/b6-3+/t18-,22+/m0/s1. The van der Waals surface area contributed by atoms with Crippen molar-refractivity contribution in [2.45, 2.75) is 18.4 Å². The van der Waals surface area contributed by atoms with Gasteiger partial charge in [-0.15, -0.1) is 0 Å². The third-order valence-electron chi connectivity index (χ3n) is 5.32. The molecule has 0 aromatic heterocycles. The smallest absolute Gasteiger partial charge is 0.131 e. The number of aromatic hydroxyl groups is 2. The number of phenolic OH excluding ortho intramolecular Hbond substituents is 2. The number of allylic oxidation sites excluding steroid dienone is 1. The van der Waals surface area contributed by atoms with Crippen molar-refractivity contribution < 1.29 is 24.4 Å². The van der Waals surface area contributed by atoms with Gasteiger partial charge in [0.1, 0.15) is 34.9 Å². The van der Waals surface area contributed by atoms with Crippen molar-refractivity contribution in [1.82, 2.24) is 0 Å². The lowest BCUT2D eigenvalue weighted by atomic mass is 9.86. The average molecular weight is 404 g/mol. The Bertz CT molecular complexity index is 1040. The van der Waals surface area contributed by atoms with Gasteiger partial charge in [-0.3, -0.25) is 0 Å². The fraction of sp³-hybridized carbons (Fsp3) is 0.200. The molecule has 1 aliphatic heterocycles. The summed E-state index contributed by atoms with van der Waals surface area (Å²) < 4.78 is 17.4. The Morgan fingerprint density at radius 2 is 1.57 bits per heavy atom. The van der Waals surface area contributed by atoms with E-state index in [1.807, 2.05) is 42.5 Å². The number of phenols is 2. The van der Waals surface area contributed by atoms with E-state index in [1.165, 1.54) is 0 Å². The molecule has 1 heterocycles. The molecule has 0 amide bonds. The molecule has 5 nitrogen and oxygen atoms in total. The molecule has 0 spiro atoms. The van der Waals surface area contributed by atoms with Crippen LogP contribution in [0.2, 0.25) is 0 Å². The summed E-state index contributed by atoms with van der Waals surface area (Å²) in [6, 6.07) is 17.9. The Hall–Kier alpha value is -3.60. The Morgan fingerprint density at radius 1 is 0.900 bits per heavy atom. The highest BCUT2D eigenvalue weighted by Gasteiger charge is 2.31. The molecule has 1 aliphatic rings. The summed E-state index contributed by atoms with van der Waals surface area (Å²) in [5.74, 6) is 2.61. The highest BCUT2D eigenvalue weighted by molar-refractivity contribution is 5.58. The molecule has 0 unspecified atom stereocenters. The second-order valence-electron chi connectivity index (χ2n) is 7.23. The molecule has 0 saturated carbocycles. The minimum atomic E-state index is -0.176. The largest absolute Gasteiger partial charge is 0.508 e. The molecule has 3 aromatic rings. The van der Waals surface area contributed by atoms with Crippen molar-refractivity contribution in [3.63, 3.8) is 0 Å². The van der Waals surface area contributed by atoms with Crippen molar-refractivity contribution in [3.05, 3.63) is 83.4 Å². The van der Waals surface area contributed by atoms with E-state index in [2.05, 4.69) is 6.08 Å². The third kappa shape index (κ3) is 4.06. The molecule has 0 aliphatic carbocycles. The Labute approximate surface area is 175 Å². The minimum Gasteiger partial charge on any atom is -0.508 e. The summed E-state index contributed by atoms with van der Waals surface area (Å²) >= 11 is 0. The number of methoxy groups -OCH3 is 2. The van der Waals surface area contributed by atoms with Gasteiger partial charge < -0.3 is 24.4 Å². The van der Waals surface area contributed by atoms with Gasteiger partial charge in [0.15, 0.2) is 0 Å². The van der Waals surface area contributed by atoms with Crippen LogP contribution >= 0.6 is 0 Å². The van der Waals surface area contributed by atoms with Gasteiger partial charge in [-0.05, 0) is 41.8 Å². The predicted molar refractivity (Wildman–Crippen MR) is 116 cm³/mol. The lowest BCUT2D eigenvalue weighted by Crippen LogP contribution is -2.19. The van der Waals surface area contributed by atoms with E-state index >= 15 is 0 Å². The molecule has 0 radical (unpaired) electrons. The number of hydrogen-bond acceptors (Lipinski definition) is 5. The first-order chi connectivity index (χ1) is 14.6. The maximum Gasteiger partial charge on any atom is 0.131 e. The normalized spacial score (nSPS) is 17.9. The molecule has 4 rings (SSSR count). The van der Waals surface area contributed by atoms with Crippen LogP contribution in [0.4, 0.5) is 0 Å². The second-order valence-corrected chi connectivity index (χ2v) is 7.23. The van der Waals surface area contributed by atoms with Gasteiger partial charge in [0.05, 0.1) is 14.2 Å². The third-order valence-corrected chi connectivity index (χ3v) is 5.32. The van der Waals surface area contributed by atoms with Crippen molar-refractivity contribution >= 4 is 6.08 Å². The first-order valence-corrected chi connectivity index (χ1v) is 9.76. The van der Waals surface area contributed by atoms with Crippen LogP contribution in [0.3, 0.4) is 0 Å². The summed E-state index contributed by atoms with van der Waals surface area (Å²) in [6.07, 6.45) is 4.71. The monoisotopic (exact) mass is 404 g/mol. The molecular weight excluding hydrogens is 380 g/mol. The van der Waals surface area contributed by atoms with Gasteiger partial charge in [0, 0.05) is 23.6 Å². The lowest BCUT2D eigenvalue weighted by molar-refractivity contribution is 0.165. The van der Waals surface area contributed by atoms with Crippen molar-refractivity contribution in [2.75, 3.05) is 14.2 Å². The fourth-order valence-corrected chi connectivity index (χ4v) is 3.76. The summed E-state index contributed by atoms with van der Waals surface area (Å²) in [4.78, 5) is 0. The Morgan fingerprint density at radius 3 is 2.20 bits per heavy atom. The van der Waals surface area contributed by atoms with E-state index in [4.69, 9.17) is 14.2 Å². The van der Waals surface area contributed by atoms with Gasteiger partial charge in [0.25, 0.3) is 0 Å². The maximum atomic E-state index is 9.63. The molecule has 2 atom stereocenters. The van der Waals surface area contributed by atoms with Crippen molar-refractivity contribution in [3.8, 4) is 28.7 Å². The zero-order chi connectivity index (χ0) is 21.1. The van der Waals surface area contributed by atoms with Gasteiger partial charge in [-0.1, -0.05) is 36.4 Å². The fourth-order valence-electron chi connectivity index (χ4n) is 3.76. The number of fused-ring (bicyclic) bond motifs is 1. The quantitative estimate of drug-likeness (QED) is 0.593. The zero-order valence-electron chi connectivity index (χ0n) is 16.9. The first kappa shape index (κ1) is 19.7. The van der Waals surface area contributed by atoms with E-state index in [0.717, 1.165) is 28.9 Å². The summed E-state index contributed by atoms with van der Waals surface area (Å²) in [7, 11) is 3.26. The minimum absolute atomic E-state index is 0.0437. The maximum absolute atomic E-state index is 9.63. The number of benzene rings is 3. The highest BCUT2D eigenvalue weighted by atomic mass is 16.5. The molecule has 0 bridgehead atoms. The van der Waals surface area contributed by atoms with E-state index in [-0.39, 0.29) is 23.5 Å². The summed E-state index contributed by atoms with van der Waals surface area (Å²) in [5, 5.41) is 19.1. The van der Waals surface area contributed by atoms with Crippen LogP contribution in [-0.4, -0.2) is 24.4 Å². The van der Waals surface area contributed by atoms with E-state index in [0.29, 0.717) is 11.5 Å². The number of ether oxygens (including phenoxy) is 3. The average Bonchev–Trinajstić information content (AvgIpc) is 2.77. The predicted octanol–water partition coefficient (Wildman–Crippen LogP) is 5.44. The SMILES string of the molecule is COc1cc(OC)c2c(c1)O[C@@H](c1ccc(O)cc1)C[C@@H]2/C=C/c1ccc(O)cc1. The molecule has 154 valence electrons. The molecule has 30 heavy (non-hydrogen) atoms. The zero-order valence-corrected chi connectivity index (χ0v) is 16.9. The second kappa shape index (κ2) is 8.41. The van der Waals surface area contributed by atoms with Gasteiger partial charge >= 0.3 is 0 Å². The van der Waals surface area contributed by atoms with Crippen LogP contribution in [-0.2, 0) is 0 Å². The van der Waals surface area contributed by atoms with E-state index in [1.54, 1.807) is 38.5 Å². The van der Waals surface area contributed by atoms with E-state index < -0.39 is 0 Å². The van der Waals surface area contributed by atoms with E-state index in [9.17, 15) is 10.2 Å². The van der Waals surface area contributed by atoms with Crippen LogP contribution in [0.5, 0.6) is 28.7 Å². The van der Waals surface area contributed by atoms with Gasteiger partial charge in [0.2, 0.25) is 0 Å². The molecule has 0 saturated heterocycles. The Balaban J connectivity index is 1.74. The van der Waals surface area contributed by atoms with Crippen LogP contribution in [0.15, 0.2) is 66.7 Å². The molecule has 0 fully saturated rings. The van der Waals surface area contributed by atoms with Crippen LogP contribution in [0.1, 0.15) is 35.1 Å². The highest BCUT2D eigenvalue weighted by Crippen LogP contribution is 2.49. The van der Waals surface area contributed by atoms with Crippen LogP contribution < -0.4 is 14.2 Å². The van der Waals surface area contributed by atoms with Crippen molar-refractivity contribution in [2.24, 2.45) is 0 Å². The van der Waals surface area contributed by atoms with Crippen LogP contribution in [0, 0.1) is 0 Å². The topological polar surface area (TPSA) is 68.2 Å². The van der Waals surface area contributed by atoms with Gasteiger partial charge in [-0.2, -0.15) is 0 Å². The molecule has 5 heteroatoms. The number of hydrogen-bond donors (Lipinski definition) is 2.